The van der Waals surface area contributed by atoms with E-state index in [0.29, 0.717) is 22.0 Å². The molecule has 140 valence electrons. The highest BCUT2D eigenvalue weighted by Gasteiger charge is 2.32. The summed E-state index contributed by atoms with van der Waals surface area (Å²) in [6.45, 7) is 5.36. The van der Waals surface area contributed by atoms with E-state index in [1.165, 1.54) is 4.57 Å². The number of ether oxygens (including phenoxy) is 1. The van der Waals surface area contributed by atoms with Crippen molar-refractivity contribution in [3.05, 3.63) is 64.8 Å². The molecule has 0 aliphatic carbocycles. The van der Waals surface area contributed by atoms with Crippen LogP contribution in [0.15, 0.2) is 53.6 Å². The van der Waals surface area contributed by atoms with Crippen molar-refractivity contribution in [1.82, 2.24) is 9.55 Å². The molecular formula is C21H22N2O4. The molecule has 0 amide bonds. The quantitative estimate of drug-likeness (QED) is 0.764. The third-order valence-electron chi connectivity index (χ3n) is 4.26. The van der Waals surface area contributed by atoms with Crippen molar-refractivity contribution in [3.8, 4) is 11.1 Å². The monoisotopic (exact) mass is 366 g/mol. The first-order chi connectivity index (χ1) is 12.7. The summed E-state index contributed by atoms with van der Waals surface area (Å²) in [5.41, 5.74) is 0.775. The van der Waals surface area contributed by atoms with Crippen LogP contribution in [0.1, 0.15) is 32.6 Å². The molecule has 6 nitrogen and oxygen atoms in total. The van der Waals surface area contributed by atoms with Gasteiger partial charge in [-0.2, -0.15) is 0 Å². The summed E-state index contributed by atoms with van der Waals surface area (Å²) >= 11 is 0. The van der Waals surface area contributed by atoms with Crippen LogP contribution in [0.5, 0.6) is 0 Å². The Bertz CT molecular complexity index is 1050. The van der Waals surface area contributed by atoms with Crippen LogP contribution in [0, 0.1) is 0 Å². The predicted molar refractivity (Wildman–Crippen MR) is 104 cm³/mol. The van der Waals surface area contributed by atoms with E-state index < -0.39 is 17.7 Å². The maximum Gasteiger partial charge on any atom is 0.339 e. The second kappa shape index (κ2) is 6.96. The summed E-state index contributed by atoms with van der Waals surface area (Å²) < 4.78 is 7.23. The molecule has 0 aliphatic rings. The minimum Gasteiger partial charge on any atom is -0.479 e. The zero-order valence-electron chi connectivity index (χ0n) is 15.8. The molecule has 0 bridgehead atoms. The molecule has 0 saturated carbocycles. The molecule has 1 unspecified atom stereocenters. The van der Waals surface area contributed by atoms with Gasteiger partial charge in [0, 0.05) is 30.4 Å². The van der Waals surface area contributed by atoms with Gasteiger partial charge in [-0.1, -0.05) is 18.2 Å². The summed E-state index contributed by atoms with van der Waals surface area (Å²) in [6, 6.07) is 10.8. The summed E-state index contributed by atoms with van der Waals surface area (Å²) in [7, 11) is 1.58. The standard InChI is InChI=1S/C21H22N2O4/c1-21(2,3)27-18(20(25)26)17-16(13-9-11-22-12-10-13)14-7-5-6-8-15(14)19(24)23(17)4/h5-12,18H,1-4H3,(H,25,26). The third-order valence-corrected chi connectivity index (χ3v) is 4.26. The van der Waals surface area contributed by atoms with Crippen molar-refractivity contribution in [3.63, 3.8) is 0 Å². The second-order valence-corrected chi connectivity index (χ2v) is 7.35. The minimum atomic E-state index is -1.30. The average molecular weight is 366 g/mol. The average Bonchev–Trinajstić information content (AvgIpc) is 2.62. The van der Waals surface area contributed by atoms with Crippen LogP contribution in [0.4, 0.5) is 0 Å². The van der Waals surface area contributed by atoms with Crippen molar-refractivity contribution in [1.29, 1.82) is 0 Å². The molecule has 3 rings (SSSR count). The third kappa shape index (κ3) is 3.61. The van der Waals surface area contributed by atoms with Crippen molar-refractivity contribution in [2.45, 2.75) is 32.5 Å². The SMILES string of the molecule is Cn1c(C(OC(C)(C)C)C(=O)O)c(-c2ccncc2)c2ccccc2c1=O. The fourth-order valence-electron chi connectivity index (χ4n) is 3.19. The van der Waals surface area contributed by atoms with Gasteiger partial charge in [-0.05, 0) is 49.9 Å². The van der Waals surface area contributed by atoms with E-state index in [1.54, 1.807) is 64.5 Å². The van der Waals surface area contributed by atoms with Gasteiger partial charge in [-0.3, -0.25) is 9.78 Å². The van der Waals surface area contributed by atoms with E-state index in [1.807, 2.05) is 12.1 Å². The lowest BCUT2D eigenvalue weighted by Gasteiger charge is -2.28. The zero-order valence-corrected chi connectivity index (χ0v) is 15.8. The molecule has 2 aromatic heterocycles. The number of benzene rings is 1. The maximum atomic E-state index is 12.9. The Morgan fingerprint density at radius 1 is 1.11 bits per heavy atom. The van der Waals surface area contributed by atoms with E-state index in [2.05, 4.69) is 4.98 Å². The molecule has 0 fully saturated rings. The molecule has 2 heterocycles. The van der Waals surface area contributed by atoms with Crippen LogP contribution in [0.25, 0.3) is 21.9 Å². The number of carbonyl (C=O) groups is 1. The summed E-state index contributed by atoms with van der Waals surface area (Å²) in [6.07, 6.45) is 1.98. The van der Waals surface area contributed by atoms with Crippen LogP contribution in [0.3, 0.4) is 0 Å². The number of hydrogen-bond donors (Lipinski definition) is 1. The molecule has 27 heavy (non-hydrogen) atoms. The van der Waals surface area contributed by atoms with Gasteiger partial charge in [0.05, 0.1) is 11.3 Å². The van der Waals surface area contributed by atoms with Gasteiger partial charge in [0.15, 0.2) is 6.10 Å². The number of carboxylic acids is 1. The van der Waals surface area contributed by atoms with Gasteiger partial charge in [0.1, 0.15) is 0 Å². The first kappa shape index (κ1) is 18.8. The first-order valence-corrected chi connectivity index (χ1v) is 8.63. The zero-order chi connectivity index (χ0) is 19.8. The lowest BCUT2D eigenvalue weighted by molar-refractivity contribution is -0.161. The van der Waals surface area contributed by atoms with E-state index in [4.69, 9.17) is 4.74 Å². The Balaban J connectivity index is 2.46. The summed E-state index contributed by atoms with van der Waals surface area (Å²) in [4.78, 5) is 29.1. The van der Waals surface area contributed by atoms with Gasteiger partial charge in [0.25, 0.3) is 5.56 Å². The summed E-state index contributed by atoms with van der Waals surface area (Å²) in [5, 5.41) is 11.1. The van der Waals surface area contributed by atoms with Gasteiger partial charge < -0.3 is 14.4 Å². The fraction of sp³-hybridized carbons (Fsp3) is 0.286. The van der Waals surface area contributed by atoms with Crippen LogP contribution < -0.4 is 5.56 Å². The molecular weight excluding hydrogens is 344 g/mol. The van der Waals surface area contributed by atoms with Crippen molar-refractivity contribution in [2.24, 2.45) is 7.05 Å². The Morgan fingerprint density at radius 2 is 1.70 bits per heavy atom. The lowest BCUT2D eigenvalue weighted by Crippen LogP contribution is -2.32. The molecule has 1 N–H and O–H groups in total. The topological polar surface area (TPSA) is 81.4 Å². The number of fused-ring (bicyclic) bond motifs is 1. The molecule has 3 aromatic rings. The van der Waals surface area contributed by atoms with E-state index >= 15 is 0 Å². The van der Waals surface area contributed by atoms with Gasteiger partial charge >= 0.3 is 5.97 Å². The minimum absolute atomic E-state index is 0.262. The Hall–Kier alpha value is -2.99. The van der Waals surface area contributed by atoms with E-state index in [9.17, 15) is 14.7 Å². The lowest BCUT2D eigenvalue weighted by atomic mass is 9.95. The molecule has 0 spiro atoms. The van der Waals surface area contributed by atoms with Gasteiger partial charge in [-0.15, -0.1) is 0 Å². The van der Waals surface area contributed by atoms with Crippen LogP contribution in [-0.2, 0) is 16.6 Å². The van der Waals surface area contributed by atoms with Crippen LogP contribution >= 0.6 is 0 Å². The maximum absolute atomic E-state index is 12.9. The largest absolute Gasteiger partial charge is 0.479 e. The van der Waals surface area contributed by atoms with Crippen molar-refractivity contribution >= 4 is 16.7 Å². The highest BCUT2D eigenvalue weighted by atomic mass is 16.5. The fourth-order valence-corrected chi connectivity index (χ4v) is 3.19. The van der Waals surface area contributed by atoms with Gasteiger partial charge in [0.2, 0.25) is 0 Å². The first-order valence-electron chi connectivity index (χ1n) is 8.63. The number of aliphatic carboxylic acids is 1. The van der Waals surface area contributed by atoms with Crippen LogP contribution in [0.2, 0.25) is 0 Å². The Labute approximate surface area is 157 Å². The van der Waals surface area contributed by atoms with E-state index in [0.717, 1.165) is 5.56 Å². The number of carboxylic acid groups (broad SMARTS) is 1. The molecule has 1 atom stereocenters. The number of hydrogen-bond acceptors (Lipinski definition) is 4. The number of pyridine rings is 2. The second-order valence-electron chi connectivity index (χ2n) is 7.35. The van der Waals surface area contributed by atoms with Crippen LogP contribution in [-0.4, -0.2) is 26.2 Å². The number of aromatic nitrogens is 2. The normalized spacial score (nSPS) is 12.9. The predicted octanol–water partition coefficient (Wildman–Crippen LogP) is 3.54. The van der Waals surface area contributed by atoms with Crippen molar-refractivity contribution < 1.29 is 14.6 Å². The van der Waals surface area contributed by atoms with Gasteiger partial charge in [-0.25, -0.2) is 4.79 Å². The highest BCUT2D eigenvalue weighted by Crippen LogP contribution is 2.36. The molecule has 0 saturated heterocycles. The van der Waals surface area contributed by atoms with Crippen molar-refractivity contribution in [2.75, 3.05) is 0 Å². The Kier molecular flexibility index (Phi) is 4.85. The summed E-state index contributed by atoms with van der Waals surface area (Å²) in [5.74, 6) is -1.15. The molecule has 6 heteroatoms. The molecule has 0 radical (unpaired) electrons. The Morgan fingerprint density at radius 3 is 2.26 bits per heavy atom. The smallest absolute Gasteiger partial charge is 0.339 e. The number of nitrogens with zero attached hydrogens (tertiary/aromatic N) is 2. The molecule has 0 aliphatic heterocycles. The highest BCUT2D eigenvalue weighted by molar-refractivity contribution is 5.98. The number of rotatable bonds is 4. The molecule has 1 aromatic carbocycles. The van der Waals surface area contributed by atoms with E-state index in [-0.39, 0.29) is 5.56 Å².